The monoisotopic (exact) mass is 492 g/mol. The Morgan fingerprint density at radius 1 is 0.811 bits per heavy atom. The number of aryl methyl sites for hydroxylation is 1. The Morgan fingerprint density at radius 3 is 1.84 bits per heavy atom. The number of nitrogens with zero attached hydrogens (tertiary/aromatic N) is 3. The highest BCUT2D eigenvalue weighted by Gasteiger charge is 2.38. The SMILES string of the molecule is NC(CCCc1cn(C(c2ccccc2)(c2ccccc2)c2ccccc2)cn1)C(=O)N1CCCCC1. The molecule has 0 saturated carbocycles. The lowest BCUT2D eigenvalue weighted by molar-refractivity contribution is -0.133. The number of nitrogens with two attached hydrogens (primary N) is 1. The summed E-state index contributed by atoms with van der Waals surface area (Å²) < 4.78 is 2.24. The van der Waals surface area contributed by atoms with Crippen LogP contribution in [0.1, 0.15) is 54.5 Å². The predicted molar refractivity (Wildman–Crippen MR) is 148 cm³/mol. The largest absolute Gasteiger partial charge is 0.341 e. The van der Waals surface area contributed by atoms with E-state index < -0.39 is 11.6 Å². The number of benzene rings is 3. The molecule has 1 amide bonds. The number of hydrogen-bond acceptors (Lipinski definition) is 3. The van der Waals surface area contributed by atoms with Crippen molar-refractivity contribution in [1.82, 2.24) is 14.5 Å². The number of hydrogen-bond donors (Lipinski definition) is 1. The Labute approximate surface area is 220 Å². The number of aromatic nitrogens is 2. The third-order valence-corrected chi connectivity index (χ3v) is 7.53. The fourth-order valence-electron chi connectivity index (χ4n) is 5.64. The number of carbonyl (C=O) groups excluding carboxylic acids is 1. The van der Waals surface area contributed by atoms with Crippen molar-refractivity contribution < 1.29 is 4.79 Å². The maximum Gasteiger partial charge on any atom is 0.239 e. The van der Waals surface area contributed by atoms with Crippen LogP contribution in [0.3, 0.4) is 0 Å². The van der Waals surface area contributed by atoms with Crippen LogP contribution in [0.25, 0.3) is 0 Å². The molecule has 2 N–H and O–H groups in total. The highest BCUT2D eigenvalue weighted by atomic mass is 16.2. The van der Waals surface area contributed by atoms with Crippen molar-refractivity contribution in [2.24, 2.45) is 5.73 Å². The number of imidazole rings is 1. The molecular formula is C32H36N4O. The van der Waals surface area contributed by atoms with E-state index in [9.17, 15) is 4.79 Å². The van der Waals surface area contributed by atoms with E-state index in [4.69, 9.17) is 10.7 Å². The maximum atomic E-state index is 12.7. The van der Waals surface area contributed by atoms with E-state index in [-0.39, 0.29) is 5.91 Å². The molecule has 0 radical (unpaired) electrons. The third-order valence-electron chi connectivity index (χ3n) is 7.53. The summed E-state index contributed by atoms with van der Waals surface area (Å²) in [6, 6.07) is 31.4. The van der Waals surface area contributed by atoms with Gasteiger partial charge in [0.1, 0.15) is 5.54 Å². The van der Waals surface area contributed by atoms with Gasteiger partial charge in [-0.3, -0.25) is 4.79 Å². The minimum atomic E-state index is -0.560. The zero-order chi connectivity index (χ0) is 25.5. The van der Waals surface area contributed by atoms with Crippen LogP contribution >= 0.6 is 0 Å². The molecule has 3 aromatic carbocycles. The van der Waals surface area contributed by atoms with Gasteiger partial charge in [-0.2, -0.15) is 0 Å². The van der Waals surface area contributed by atoms with Crippen molar-refractivity contribution in [2.75, 3.05) is 13.1 Å². The second kappa shape index (κ2) is 11.6. The summed E-state index contributed by atoms with van der Waals surface area (Å²) in [4.78, 5) is 19.5. The molecule has 1 aliphatic heterocycles. The van der Waals surface area contributed by atoms with Crippen LogP contribution in [0.4, 0.5) is 0 Å². The lowest BCUT2D eigenvalue weighted by atomic mass is 9.77. The number of rotatable bonds is 9. The van der Waals surface area contributed by atoms with E-state index >= 15 is 0 Å². The molecule has 1 atom stereocenters. The number of piperidine rings is 1. The van der Waals surface area contributed by atoms with Gasteiger partial charge in [0.05, 0.1) is 18.1 Å². The standard InChI is InChI=1S/C32H36N4O/c33-30(31(37)35-22-11-4-12-23-35)21-13-20-29-24-36(25-34-29)32(26-14-5-1-6-15-26,27-16-7-2-8-17-27)28-18-9-3-10-19-28/h1-3,5-10,14-19,24-25,30H,4,11-13,20-23,33H2. The lowest BCUT2D eigenvalue weighted by Gasteiger charge is -2.37. The first-order valence-corrected chi connectivity index (χ1v) is 13.4. The van der Waals surface area contributed by atoms with Crippen molar-refractivity contribution >= 4 is 5.91 Å². The molecular weight excluding hydrogens is 456 g/mol. The molecule has 5 rings (SSSR count). The van der Waals surface area contributed by atoms with Gasteiger partial charge < -0.3 is 15.2 Å². The van der Waals surface area contributed by atoms with Crippen LogP contribution in [0.15, 0.2) is 104 Å². The summed E-state index contributed by atoms with van der Waals surface area (Å²) in [5.41, 5.74) is 10.3. The molecule has 1 fully saturated rings. The normalized spacial score (nSPS) is 14.9. The summed E-state index contributed by atoms with van der Waals surface area (Å²) in [6.45, 7) is 1.69. The molecule has 1 unspecified atom stereocenters. The van der Waals surface area contributed by atoms with Gasteiger partial charge in [-0.25, -0.2) is 4.98 Å². The molecule has 5 heteroatoms. The zero-order valence-electron chi connectivity index (χ0n) is 21.4. The van der Waals surface area contributed by atoms with Gasteiger partial charge in [0.25, 0.3) is 0 Å². The lowest BCUT2D eigenvalue weighted by Crippen LogP contribution is -2.45. The Hall–Kier alpha value is -3.70. The van der Waals surface area contributed by atoms with E-state index in [1.807, 2.05) is 11.2 Å². The van der Waals surface area contributed by atoms with E-state index in [0.717, 1.165) is 44.5 Å². The number of carbonyl (C=O) groups is 1. The molecule has 0 bridgehead atoms. The second-order valence-corrected chi connectivity index (χ2v) is 9.97. The Morgan fingerprint density at radius 2 is 1.32 bits per heavy atom. The highest BCUT2D eigenvalue weighted by Crippen LogP contribution is 2.40. The van der Waals surface area contributed by atoms with Crippen LogP contribution in [0.2, 0.25) is 0 Å². The average Bonchev–Trinajstić information content (AvgIpc) is 3.44. The van der Waals surface area contributed by atoms with Crippen LogP contribution in [-0.4, -0.2) is 39.5 Å². The quantitative estimate of drug-likeness (QED) is 0.319. The topological polar surface area (TPSA) is 64.2 Å². The van der Waals surface area contributed by atoms with Crippen molar-refractivity contribution in [3.63, 3.8) is 0 Å². The second-order valence-electron chi connectivity index (χ2n) is 9.97. The van der Waals surface area contributed by atoms with Gasteiger partial charge in [-0.15, -0.1) is 0 Å². The van der Waals surface area contributed by atoms with Gasteiger partial charge in [0, 0.05) is 19.3 Å². The molecule has 1 aromatic heterocycles. The number of likely N-dealkylation sites (tertiary alicyclic amines) is 1. The summed E-state index contributed by atoms with van der Waals surface area (Å²) in [6.07, 6.45) is 9.76. The Kier molecular flexibility index (Phi) is 7.81. The zero-order valence-corrected chi connectivity index (χ0v) is 21.4. The van der Waals surface area contributed by atoms with Crippen LogP contribution in [-0.2, 0) is 16.8 Å². The molecule has 1 aliphatic rings. The fourth-order valence-corrected chi connectivity index (χ4v) is 5.64. The first kappa shape index (κ1) is 25.0. The first-order chi connectivity index (χ1) is 18.2. The first-order valence-electron chi connectivity index (χ1n) is 13.4. The molecule has 0 spiro atoms. The van der Waals surface area contributed by atoms with Gasteiger partial charge in [0.15, 0.2) is 0 Å². The van der Waals surface area contributed by atoms with Gasteiger partial charge in [-0.05, 0) is 55.2 Å². The summed E-state index contributed by atoms with van der Waals surface area (Å²) >= 11 is 0. The van der Waals surface area contributed by atoms with Gasteiger partial charge >= 0.3 is 0 Å². The maximum absolute atomic E-state index is 12.7. The summed E-state index contributed by atoms with van der Waals surface area (Å²) in [7, 11) is 0. The smallest absolute Gasteiger partial charge is 0.239 e. The fraction of sp³-hybridized carbons (Fsp3) is 0.312. The molecule has 37 heavy (non-hydrogen) atoms. The molecule has 1 saturated heterocycles. The van der Waals surface area contributed by atoms with Crippen molar-refractivity contribution in [3.8, 4) is 0 Å². The van der Waals surface area contributed by atoms with Crippen molar-refractivity contribution in [1.29, 1.82) is 0 Å². The number of amides is 1. The Balaban J connectivity index is 1.42. The van der Waals surface area contributed by atoms with Crippen molar-refractivity contribution in [3.05, 3.63) is 126 Å². The van der Waals surface area contributed by atoms with Crippen LogP contribution < -0.4 is 5.73 Å². The van der Waals surface area contributed by atoms with Crippen molar-refractivity contribution in [2.45, 2.75) is 50.1 Å². The Bertz CT molecular complexity index is 1170. The van der Waals surface area contributed by atoms with E-state index in [2.05, 4.69) is 102 Å². The molecule has 4 aromatic rings. The average molecular weight is 493 g/mol. The molecule has 2 heterocycles. The molecule has 0 aliphatic carbocycles. The van der Waals surface area contributed by atoms with Gasteiger partial charge in [0.2, 0.25) is 5.91 Å². The predicted octanol–water partition coefficient (Wildman–Crippen LogP) is 5.39. The van der Waals surface area contributed by atoms with E-state index in [1.54, 1.807) is 0 Å². The minimum Gasteiger partial charge on any atom is -0.341 e. The van der Waals surface area contributed by atoms with Crippen LogP contribution in [0.5, 0.6) is 0 Å². The molecule has 190 valence electrons. The third kappa shape index (κ3) is 5.23. The minimum absolute atomic E-state index is 0.0986. The van der Waals surface area contributed by atoms with E-state index in [0.29, 0.717) is 6.42 Å². The van der Waals surface area contributed by atoms with Crippen LogP contribution in [0, 0.1) is 0 Å². The summed E-state index contributed by atoms with van der Waals surface area (Å²) in [5.74, 6) is 0.0986. The van der Waals surface area contributed by atoms with Gasteiger partial charge in [-0.1, -0.05) is 91.0 Å². The van der Waals surface area contributed by atoms with E-state index in [1.165, 1.54) is 23.1 Å². The highest BCUT2D eigenvalue weighted by molar-refractivity contribution is 5.81. The summed E-state index contributed by atoms with van der Waals surface area (Å²) in [5, 5.41) is 0. The molecule has 5 nitrogen and oxygen atoms in total.